The van der Waals surface area contributed by atoms with Crippen LogP contribution in [0.4, 0.5) is 11.5 Å². The molecule has 0 spiro atoms. The number of nitrogen functional groups attached to an aromatic ring is 1. The maximum Gasteiger partial charge on any atom is 0.213 e. The molecule has 0 aliphatic heterocycles. The Labute approximate surface area is 108 Å². The van der Waals surface area contributed by atoms with Crippen LogP contribution in [-0.4, -0.2) is 26.7 Å². The number of aromatic nitrogens is 4. The molecule has 0 aliphatic rings. The zero-order valence-electron chi connectivity index (χ0n) is 10.1. The van der Waals surface area contributed by atoms with Crippen molar-refractivity contribution in [2.45, 2.75) is 6.42 Å². The van der Waals surface area contributed by atoms with E-state index in [9.17, 15) is 0 Å². The van der Waals surface area contributed by atoms with Gasteiger partial charge in [0.05, 0.1) is 5.52 Å². The van der Waals surface area contributed by atoms with E-state index in [2.05, 4.69) is 29.9 Å². The molecular weight excluding hydrogens is 244 g/mol. The van der Waals surface area contributed by atoms with E-state index < -0.39 is 0 Å². The Kier molecular flexibility index (Phi) is 2.93. The highest BCUT2D eigenvalue weighted by molar-refractivity contribution is 5.91. The first-order valence-corrected chi connectivity index (χ1v) is 5.82. The molecule has 3 aromatic rings. The Morgan fingerprint density at radius 2 is 2.16 bits per heavy atom. The molecule has 0 unspecified atom stereocenters. The first-order chi connectivity index (χ1) is 9.33. The fourth-order valence-electron chi connectivity index (χ4n) is 1.81. The Morgan fingerprint density at radius 3 is 3.00 bits per heavy atom. The van der Waals surface area contributed by atoms with Crippen LogP contribution in [-0.2, 0) is 6.42 Å². The fourth-order valence-corrected chi connectivity index (χ4v) is 1.81. The Morgan fingerprint density at radius 1 is 1.21 bits per heavy atom. The summed E-state index contributed by atoms with van der Waals surface area (Å²) in [6.45, 7) is 0.653. The largest absolute Gasteiger partial charge is 0.399 e. The first-order valence-electron chi connectivity index (χ1n) is 5.82. The number of nitrogens with zero attached hydrogens (tertiary/aromatic N) is 4. The summed E-state index contributed by atoms with van der Waals surface area (Å²) in [6, 6.07) is 5.54. The molecule has 1 aromatic carbocycles. The smallest absolute Gasteiger partial charge is 0.213 e. The predicted octanol–water partition coefficient (Wildman–Crippen LogP) is 1.25. The highest BCUT2D eigenvalue weighted by Gasteiger charge is 2.04. The molecule has 0 aliphatic carbocycles. The zero-order valence-corrected chi connectivity index (χ0v) is 10.1. The molecule has 0 saturated heterocycles. The van der Waals surface area contributed by atoms with E-state index >= 15 is 0 Å². The Balaban J connectivity index is 1.78. The van der Waals surface area contributed by atoms with Crippen molar-refractivity contribution in [3.8, 4) is 0 Å². The Bertz CT molecular complexity index is 682. The molecule has 0 saturated carbocycles. The average Bonchev–Trinajstić information content (AvgIpc) is 2.92. The summed E-state index contributed by atoms with van der Waals surface area (Å²) in [5.74, 6) is 1.41. The molecule has 96 valence electrons. The van der Waals surface area contributed by atoms with Gasteiger partial charge in [-0.2, -0.15) is 4.98 Å². The van der Waals surface area contributed by atoms with Crippen LogP contribution in [0.5, 0.6) is 0 Å². The van der Waals surface area contributed by atoms with Crippen molar-refractivity contribution < 1.29 is 4.52 Å². The monoisotopic (exact) mass is 256 g/mol. The topological polar surface area (TPSA) is 103 Å². The Hall–Kier alpha value is -2.70. The van der Waals surface area contributed by atoms with Crippen LogP contribution < -0.4 is 11.1 Å². The fraction of sp³-hybridized carbons (Fsp3) is 0.167. The molecule has 7 heteroatoms. The molecule has 3 rings (SSSR count). The van der Waals surface area contributed by atoms with Crippen LogP contribution in [0.25, 0.3) is 10.9 Å². The van der Waals surface area contributed by atoms with Gasteiger partial charge in [0.2, 0.25) is 6.39 Å². The number of hydrogen-bond acceptors (Lipinski definition) is 7. The number of rotatable bonds is 4. The summed E-state index contributed by atoms with van der Waals surface area (Å²) >= 11 is 0. The lowest BCUT2D eigenvalue weighted by molar-refractivity contribution is 0.410. The minimum atomic E-state index is 0.653. The number of hydrogen-bond donors (Lipinski definition) is 2. The standard InChI is InChI=1S/C12H12N6O/c13-8-1-2-10-9(5-8)12(16-6-15-10)14-4-3-11-17-7-19-18-11/h1-2,5-7H,3-4,13H2,(H,14,15,16). The first kappa shape index (κ1) is 11.4. The lowest BCUT2D eigenvalue weighted by Crippen LogP contribution is -2.08. The maximum absolute atomic E-state index is 5.78. The molecule has 2 heterocycles. The minimum Gasteiger partial charge on any atom is -0.399 e. The van der Waals surface area contributed by atoms with Crippen LogP contribution in [0.3, 0.4) is 0 Å². The number of nitrogens with two attached hydrogens (primary N) is 1. The second-order valence-electron chi connectivity index (χ2n) is 4.02. The lowest BCUT2D eigenvalue weighted by atomic mass is 10.2. The van der Waals surface area contributed by atoms with Crippen molar-refractivity contribution in [3.63, 3.8) is 0 Å². The van der Waals surface area contributed by atoms with Gasteiger partial charge in [-0.25, -0.2) is 9.97 Å². The highest BCUT2D eigenvalue weighted by atomic mass is 16.5. The third-order valence-corrected chi connectivity index (χ3v) is 2.71. The summed E-state index contributed by atoms with van der Waals surface area (Å²) < 4.78 is 4.67. The summed E-state index contributed by atoms with van der Waals surface area (Å²) in [4.78, 5) is 12.4. The summed E-state index contributed by atoms with van der Waals surface area (Å²) in [6.07, 6.45) is 3.50. The SMILES string of the molecule is Nc1ccc2ncnc(NCCc3ncon3)c2c1. The van der Waals surface area contributed by atoms with E-state index in [0.29, 0.717) is 24.5 Å². The molecule has 0 amide bonds. The molecule has 0 fully saturated rings. The molecular formula is C12H12N6O. The normalized spacial score (nSPS) is 10.7. The van der Waals surface area contributed by atoms with Crippen LogP contribution >= 0.6 is 0 Å². The second kappa shape index (κ2) is 4.89. The van der Waals surface area contributed by atoms with E-state index in [0.717, 1.165) is 16.7 Å². The van der Waals surface area contributed by atoms with Crippen LogP contribution in [0.15, 0.2) is 35.4 Å². The quantitative estimate of drug-likeness (QED) is 0.677. The minimum absolute atomic E-state index is 0.653. The molecule has 3 N–H and O–H groups in total. The van der Waals surface area contributed by atoms with Gasteiger partial charge in [-0.1, -0.05) is 5.16 Å². The van der Waals surface area contributed by atoms with E-state index in [1.54, 1.807) is 0 Å². The van der Waals surface area contributed by atoms with E-state index in [4.69, 9.17) is 5.73 Å². The van der Waals surface area contributed by atoms with Gasteiger partial charge in [-0.15, -0.1) is 0 Å². The second-order valence-corrected chi connectivity index (χ2v) is 4.02. The molecule has 2 aromatic heterocycles. The molecule has 0 radical (unpaired) electrons. The number of benzene rings is 1. The van der Waals surface area contributed by atoms with Crippen molar-refractivity contribution in [1.29, 1.82) is 0 Å². The van der Waals surface area contributed by atoms with E-state index in [1.165, 1.54) is 12.7 Å². The third-order valence-electron chi connectivity index (χ3n) is 2.71. The number of fused-ring (bicyclic) bond motifs is 1. The highest BCUT2D eigenvalue weighted by Crippen LogP contribution is 2.21. The van der Waals surface area contributed by atoms with Crippen LogP contribution in [0.1, 0.15) is 5.82 Å². The van der Waals surface area contributed by atoms with Gasteiger partial charge in [0.15, 0.2) is 5.82 Å². The van der Waals surface area contributed by atoms with Gasteiger partial charge in [-0.3, -0.25) is 0 Å². The van der Waals surface area contributed by atoms with Gasteiger partial charge in [0.1, 0.15) is 12.1 Å². The van der Waals surface area contributed by atoms with Crippen molar-refractivity contribution in [1.82, 2.24) is 20.1 Å². The zero-order chi connectivity index (χ0) is 13.1. The van der Waals surface area contributed by atoms with Gasteiger partial charge in [-0.05, 0) is 18.2 Å². The number of anilines is 2. The van der Waals surface area contributed by atoms with Gasteiger partial charge < -0.3 is 15.6 Å². The third kappa shape index (κ3) is 2.44. The van der Waals surface area contributed by atoms with Crippen molar-refractivity contribution >= 4 is 22.4 Å². The van der Waals surface area contributed by atoms with Gasteiger partial charge in [0, 0.05) is 24.0 Å². The van der Waals surface area contributed by atoms with E-state index in [-0.39, 0.29) is 0 Å². The van der Waals surface area contributed by atoms with Crippen molar-refractivity contribution in [3.05, 3.63) is 36.7 Å². The van der Waals surface area contributed by atoms with Crippen molar-refractivity contribution in [2.75, 3.05) is 17.6 Å². The average molecular weight is 256 g/mol. The van der Waals surface area contributed by atoms with E-state index in [1.807, 2.05) is 18.2 Å². The molecule has 0 atom stereocenters. The maximum atomic E-state index is 5.78. The summed E-state index contributed by atoms with van der Waals surface area (Å²) in [5.41, 5.74) is 7.32. The molecule has 0 bridgehead atoms. The lowest BCUT2D eigenvalue weighted by Gasteiger charge is -2.07. The number of nitrogens with one attached hydrogen (secondary N) is 1. The molecule has 7 nitrogen and oxygen atoms in total. The van der Waals surface area contributed by atoms with Gasteiger partial charge in [0.25, 0.3) is 0 Å². The van der Waals surface area contributed by atoms with Crippen LogP contribution in [0, 0.1) is 0 Å². The summed E-state index contributed by atoms with van der Waals surface area (Å²) in [7, 11) is 0. The van der Waals surface area contributed by atoms with Crippen LogP contribution in [0.2, 0.25) is 0 Å². The summed E-state index contributed by atoms with van der Waals surface area (Å²) in [5, 5.41) is 7.87. The predicted molar refractivity (Wildman–Crippen MR) is 70.4 cm³/mol. The van der Waals surface area contributed by atoms with Gasteiger partial charge >= 0.3 is 0 Å². The molecule has 19 heavy (non-hydrogen) atoms. The van der Waals surface area contributed by atoms with Crippen molar-refractivity contribution in [2.24, 2.45) is 0 Å².